The molecule has 0 saturated carbocycles. The summed E-state index contributed by atoms with van der Waals surface area (Å²) in [6.45, 7) is 9.36. The highest BCUT2D eigenvalue weighted by atomic mass is 15.3. The summed E-state index contributed by atoms with van der Waals surface area (Å²) in [5.41, 5.74) is 0.899. The third-order valence-corrected chi connectivity index (χ3v) is 2.27. The quantitative estimate of drug-likeness (QED) is 0.669. The van der Waals surface area contributed by atoms with Crippen LogP contribution < -0.4 is 0 Å². The summed E-state index contributed by atoms with van der Waals surface area (Å²) in [5.74, 6) is 3.38. The predicted octanol–water partition coefficient (Wildman–Crippen LogP) is 2.45. The summed E-state index contributed by atoms with van der Waals surface area (Å²) in [4.78, 5) is 0. The lowest BCUT2D eigenvalue weighted by molar-refractivity contribution is 0.482. The first-order valence-corrected chi connectivity index (χ1v) is 4.96. The third kappa shape index (κ3) is 2.38. The van der Waals surface area contributed by atoms with Crippen molar-refractivity contribution in [1.29, 1.82) is 0 Å². The second kappa shape index (κ2) is 3.88. The van der Waals surface area contributed by atoms with Gasteiger partial charge in [0.25, 0.3) is 0 Å². The Morgan fingerprint density at radius 3 is 2.71 bits per heavy atom. The highest BCUT2D eigenvalue weighted by Crippen LogP contribution is 2.21. The molecule has 0 aromatic carbocycles. The molecule has 1 rings (SSSR count). The topological polar surface area (TPSA) is 17.8 Å². The summed E-state index contributed by atoms with van der Waals surface area (Å²) in [7, 11) is 0. The van der Waals surface area contributed by atoms with Crippen LogP contribution in [0.5, 0.6) is 0 Å². The Balaban J connectivity index is 2.84. The van der Waals surface area contributed by atoms with Gasteiger partial charge in [-0.15, -0.1) is 6.42 Å². The van der Waals surface area contributed by atoms with Crippen molar-refractivity contribution in [2.45, 2.75) is 39.7 Å². The molecular weight excluding hydrogens is 172 g/mol. The lowest BCUT2D eigenvalue weighted by Gasteiger charge is -2.14. The fourth-order valence-corrected chi connectivity index (χ4v) is 1.24. The van der Waals surface area contributed by atoms with Gasteiger partial charge < -0.3 is 0 Å². The van der Waals surface area contributed by atoms with Gasteiger partial charge in [0.15, 0.2) is 0 Å². The molecule has 1 aromatic rings. The van der Waals surface area contributed by atoms with Crippen molar-refractivity contribution in [3.05, 3.63) is 18.0 Å². The van der Waals surface area contributed by atoms with Gasteiger partial charge in [0, 0.05) is 18.3 Å². The fraction of sp³-hybridized carbons (Fsp3) is 0.583. The minimum atomic E-state index is -0.213. The van der Waals surface area contributed by atoms with E-state index in [4.69, 9.17) is 6.42 Å². The molecule has 14 heavy (non-hydrogen) atoms. The second-order valence-corrected chi connectivity index (χ2v) is 4.61. The molecule has 0 fully saturated rings. The van der Waals surface area contributed by atoms with Crippen LogP contribution in [-0.2, 0) is 12.0 Å². The first-order valence-electron chi connectivity index (χ1n) is 4.96. The minimum absolute atomic E-state index is 0.213. The van der Waals surface area contributed by atoms with Gasteiger partial charge in [0.2, 0.25) is 0 Å². The Kier molecular flexibility index (Phi) is 3.00. The number of terminal acetylenes is 1. The van der Waals surface area contributed by atoms with Crippen molar-refractivity contribution in [1.82, 2.24) is 9.78 Å². The highest BCUT2D eigenvalue weighted by molar-refractivity contribution is 5.27. The maximum Gasteiger partial charge on any atom is 0.0537 e. The van der Waals surface area contributed by atoms with Crippen molar-refractivity contribution in [2.24, 2.45) is 5.92 Å². The molecule has 0 unspecified atom stereocenters. The van der Waals surface area contributed by atoms with E-state index in [1.165, 1.54) is 0 Å². The molecule has 0 aliphatic rings. The molecule has 0 radical (unpaired) electrons. The predicted molar refractivity (Wildman–Crippen MR) is 58.9 cm³/mol. The van der Waals surface area contributed by atoms with Crippen LogP contribution in [0.3, 0.4) is 0 Å². The molecule has 2 nitrogen and oxygen atoms in total. The van der Waals surface area contributed by atoms with Crippen molar-refractivity contribution in [2.75, 3.05) is 0 Å². The van der Waals surface area contributed by atoms with Gasteiger partial charge in [-0.2, -0.15) is 5.10 Å². The fourth-order valence-electron chi connectivity index (χ4n) is 1.24. The average Bonchev–Trinajstić information content (AvgIpc) is 2.52. The Morgan fingerprint density at radius 2 is 2.21 bits per heavy atom. The van der Waals surface area contributed by atoms with Gasteiger partial charge in [0.05, 0.1) is 11.6 Å². The van der Waals surface area contributed by atoms with E-state index in [0.29, 0.717) is 5.92 Å². The Bertz CT molecular complexity index is 339. The summed E-state index contributed by atoms with van der Waals surface area (Å²) in [6.07, 6.45) is 9.37. The van der Waals surface area contributed by atoms with Crippen molar-refractivity contribution < 1.29 is 0 Å². The van der Waals surface area contributed by atoms with E-state index in [9.17, 15) is 0 Å². The van der Waals surface area contributed by atoms with E-state index in [1.54, 1.807) is 0 Å². The third-order valence-electron chi connectivity index (χ3n) is 2.27. The van der Waals surface area contributed by atoms with Crippen molar-refractivity contribution >= 4 is 0 Å². The zero-order valence-corrected chi connectivity index (χ0v) is 9.41. The van der Waals surface area contributed by atoms with Crippen LogP contribution in [0.1, 0.15) is 33.3 Å². The molecule has 1 aromatic heterocycles. The van der Waals surface area contributed by atoms with Gasteiger partial charge in [-0.05, 0) is 19.8 Å². The second-order valence-electron chi connectivity index (χ2n) is 4.61. The van der Waals surface area contributed by atoms with E-state index >= 15 is 0 Å². The summed E-state index contributed by atoms with van der Waals surface area (Å²) in [5, 5.41) is 4.29. The summed E-state index contributed by atoms with van der Waals surface area (Å²) >= 11 is 0. The van der Waals surface area contributed by atoms with E-state index in [-0.39, 0.29) is 5.41 Å². The molecule has 0 amide bonds. The van der Waals surface area contributed by atoms with Gasteiger partial charge in [-0.1, -0.05) is 19.8 Å². The van der Waals surface area contributed by atoms with E-state index in [0.717, 1.165) is 12.1 Å². The van der Waals surface area contributed by atoms with Gasteiger partial charge >= 0.3 is 0 Å². The molecule has 76 valence electrons. The van der Waals surface area contributed by atoms with Crippen LogP contribution >= 0.6 is 0 Å². The molecule has 0 spiro atoms. The Labute approximate surface area is 86.3 Å². The number of aromatic nitrogens is 2. The zero-order valence-electron chi connectivity index (χ0n) is 9.41. The van der Waals surface area contributed by atoms with Crippen LogP contribution in [0.25, 0.3) is 0 Å². The largest absolute Gasteiger partial charge is 0.272 e. The van der Waals surface area contributed by atoms with E-state index in [2.05, 4.69) is 24.9 Å². The van der Waals surface area contributed by atoms with Gasteiger partial charge in [-0.25, -0.2) is 0 Å². The van der Waals surface area contributed by atoms with Crippen LogP contribution in [0.4, 0.5) is 0 Å². The van der Waals surface area contributed by atoms with Gasteiger partial charge in [0.1, 0.15) is 0 Å². The SMILES string of the molecule is C#CC(C)(C)c1cnn(CC(C)C)c1. The van der Waals surface area contributed by atoms with Crippen LogP contribution in [0.2, 0.25) is 0 Å². The first-order chi connectivity index (χ1) is 6.45. The molecule has 0 aliphatic carbocycles. The zero-order chi connectivity index (χ0) is 10.8. The molecule has 0 saturated heterocycles. The summed E-state index contributed by atoms with van der Waals surface area (Å²) in [6, 6.07) is 0. The van der Waals surface area contributed by atoms with Crippen LogP contribution in [0.15, 0.2) is 12.4 Å². The smallest absolute Gasteiger partial charge is 0.0537 e. The molecular formula is C12H18N2. The number of hydrogen-bond donors (Lipinski definition) is 0. The molecule has 0 bridgehead atoms. The van der Waals surface area contributed by atoms with Gasteiger partial charge in [-0.3, -0.25) is 4.68 Å². The molecule has 0 atom stereocenters. The van der Waals surface area contributed by atoms with Crippen molar-refractivity contribution in [3.8, 4) is 12.3 Å². The molecule has 0 aliphatic heterocycles. The Morgan fingerprint density at radius 1 is 1.57 bits per heavy atom. The maximum atomic E-state index is 5.46. The number of hydrogen-bond acceptors (Lipinski definition) is 1. The molecule has 2 heteroatoms. The average molecular weight is 190 g/mol. The van der Waals surface area contributed by atoms with Crippen LogP contribution in [0, 0.1) is 18.3 Å². The standard InChI is InChI=1S/C12H18N2/c1-6-12(4,5)11-7-13-14(9-11)8-10(2)3/h1,7,9-10H,8H2,2-5H3. The molecule has 1 heterocycles. The lowest BCUT2D eigenvalue weighted by atomic mass is 9.88. The van der Waals surface area contributed by atoms with Crippen molar-refractivity contribution in [3.63, 3.8) is 0 Å². The maximum absolute atomic E-state index is 5.46. The van der Waals surface area contributed by atoms with E-state index < -0.39 is 0 Å². The number of nitrogens with zero attached hydrogens (tertiary/aromatic N) is 2. The summed E-state index contributed by atoms with van der Waals surface area (Å²) < 4.78 is 1.96. The first kappa shape index (κ1) is 10.8. The van der Waals surface area contributed by atoms with E-state index in [1.807, 2.05) is 30.9 Å². The number of rotatable bonds is 3. The van der Waals surface area contributed by atoms with Crippen LogP contribution in [-0.4, -0.2) is 9.78 Å². The monoisotopic (exact) mass is 190 g/mol. The Hall–Kier alpha value is -1.23. The normalized spacial score (nSPS) is 11.7. The molecule has 0 N–H and O–H groups in total. The lowest BCUT2D eigenvalue weighted by Crippen LogP contribution is -2.13. The minimum Gasteiger partial charge on any atom is -0.272 e. The highest BCUT2D eigenvalue weighted by Gasteiger charge is 2.18.